The van der Waals surface area contributed by atoms with Crippen LogP contribution in [0.25, 0.3) is 0 Å². The zero-order chi connectivity index (χ0) is 20.6. The normalized spacial score (nSPS) is 11.5. The van der Waals surface area contributed by atoms with E-state index in [1.54, 1.807) is 30.6 Å². The second kappa shape index (κ2) is 9.41. The maximum absolute atomic E-state index is 12.9. The van der Waals surface area contributed by atoms with E-state index in [4.69, 9.17) is 15.2 Å². The third kappa shape index (κ3) is 5.35. The van der Waals surface area contributed by atoms with Crippen molar-refractivity contribution in [3.8, 4) is 11.5 Å². The van der Waals surface area contributed by atoms with E-state index in [2.05, 4.69) is 15.3 Å². The van der Waals surface area contributed by atoms with Crippen molar-refractivity contribution in [2.45, 2.75) is 12.5 Å². The molecule has 150 valence electrons. The number of nitrogens with two attached hydrogens (primary N) is 1. The van der Waals surface area contributed by atoms with E-state index in [1.165, 1.54) is 7.11 Å². The Labute approximate surface area is 168 Å². The molecule has 0 aliphatic rings. The standard InChI is InChI=1S/C21H22N4O4/c1-28-18-11-15(7-8-17(18)29-13-19(22)26)21(27)25-16(12-20-23-9-10-24-20)14-5-3-2-4-6-14/h2-11,16H,12-13H2,1H3,(H2,22,26)(H,23,24)(H,25,27). The largest absolute Gasteiger partial charge is 0.493 e. The van der Waals surface area contributed by atoms with Crippen molar-refractivity contribution >= 4 is 11.8 Å². The van der Waals surface area contributed by atoms with E-state index in [0.717, 1.165) is 11.4 Å². The number of aromatic amines is 1. The number of aromatic nitrogens is 2. The zero-order valence-electron chi connectivity index (χ0n) is 15.9. The van der Waals surface area contributed by atoms with Crippen LogP contribution in [-0.2, 0) is 11.2 Å². The molecule has 1 heterocycles. The summed E-state index contributed by atoms with van der Waals surface area (Å²) in [5.41, 5.74) is 6.46. The maximum atomic E-state index is 12.9. The fourth-order valence-electron chi connectivity index (χ4n) is 2.86. The number of ether oxygens (including phenoxy) is 2. The van der Waals surface area contributed by atoms with Gasteiger partial charge in [0.2, 0.25) is 0 Å². The first-order valence-corrected chi connectivity index (χ1v) is 9.00. The van der Waals surface area contributed by atoms with Gasteiger partial charge in [0.1, 0.15) is 5.82 Å². The van der Waals surface area contributed by atoms with Gasteiger partial charge in [-0.3, -0.25) is 9.59 Å². The SMILES string of the molecule is COc1cc(C(=O)NC(Cc2ncc[nH]2)c2ccccc2)ccc1OCC(N)=O. The van der Waals surface area contributed by atoms with Gasteiger partial charge in [-0.05, 0) is 23.8 Å². The highest BCUT2D eigenvalue weighted by Gasteiger charge is 2.19. The first-order valence-electron chi connectivity index (χ1n) is 9.00. The monoisotopic (exact) mass is 394 g/mol. The van der Waals surface area contributed by atoms with Gasteiger partial charge in [-0.1, -0.05) is 30.3 Å². The average molecular weight is 394 g/mol. The summed E-state index contributed by atoms with van der Waals surface area (Å²) in [6.07, 6.45) is 3.93. The second-order valence-corrected chi connectivity index (χ2v) is 6.30. The Balaban J connectivity index is 1.79. The molecule has 2 aromatic carbocycles. The first kappa shape index (κ1) is 19.9. The Morgan fingerprint density at radius 1 is 1.17 bits per heavy atom. The summed E-state index contributed by atoms with van der Waals surface area (Å²) in [4.78, 5) is 31.1. The number of nitrogens with zero attached hydrogens (tertiary/aromatic N) is 1. The summed E-state index contributed by atoms with van der Waals surface area (Å²) >= 11 is 0. The lowest BCUT2D eigenvalue weighted by molar-refractivity contribution is -0.119. The maximum Gasteiger partial charge on any atom is 0.255 e. The van der Waals surface area contributed by atoms with E-state index in [-0.39, 0.29) is 18.6 Å². The lowest BCUT2D eigenvalue weighted by Crippen LogP contribution is -2.30. The molecule has 4 N–H and O–H groups in total. The minimum absolute atomic E-state index is 0.272. The van der Waals surface area contributed by atoms with Crippen LogP contribution in [0.2, 0.25) is 0 Å². The number of methoxy groups -OCH3 is 1. The first-order chi connectivity index (χ1) is 14.1. The van der Waals surface area contributed by atoms with Gasteiger partial charge in [-0.15, -0.1) is 0 Å². The molecular formula is C21H22N4O4. The predicted octanol–water partition coefficient (Wildman–Crippen LogP) is 2.00. The number of primary amides is 1. The molecule has 0 bridgehead atoms. The number of rotatable bonds is 9. The molecule has 1 atom stereocenters. The highest BCUT2D eigenvalue weighted by molar-refractivity contribution is 5.95. The molecule has 0 saturated heterocycles. The van der Waals surface area contributed by atoms with Crippen LogP contribution < -0.4 is 20.5 Å². The van der Waals surface area contributed by atoms with Gasteiger partial charge in [-0.25, -0.2) is 4.98 Å². The minimum atomic E-state index is -0.600. The van der Waals surface area contributed by atoms with Crippen molar-refractivity contribution in [1.82, 2.24) is 15.3 Å². The molecule has 29 heavy (non-hydrogen) atoms. The summed E-state index contributed by atoms with van der Waals surface area (Å²) in [5, 5.41) is 3.04. The summed E-state index contributed by atoms with van der Waals surface area (Å²) in [5.74, 6) is 0.564. The third-order valence-electron chi connectivity index (χ3n) is 4.26. The van der Waals surface area contributed by atoms with Gasteiger partial charge in [0, 0.05) is 24.4 Å². The Morgan fingerprint density at radius 3 is 2.62 bits per heavy atom. The van der Waals surface area contributed by atoms with Gasteiger partial charge < -0.3 is 25.5 Å². The van der Waals surface area contributed by atoms with Crippen LogP contribution in [0.4, 0.5) is 0 Å². The van der Waals surface area contributed by atoms with Crippen LogP contribution >= 0.6 is 0 Å². The minimum Gasteiger partial charge on any atom is -0.493 e. The van der Waals surface area contributed by atoms with Gasteiger partial charge in [-0.2, -0.15) is 0 Å². The molecule has 0 aliphatic carbocycles. The Morgan fingerprint density at radius 2 is 1.97 bits per heavy atom. The number of imidazole rings is 1. The molecule has 0 aliphatic heterocycles. The lowest BCUT2D eigenvalue weighted by atomic mass is 10.0. The van der Waals surface area contributed by atoms with Crippen molar-refractivity contribution in [3.63, 3.8) is 0 Å². The highest BCUT2D eigenvalue weighted by Crippen LogP contribution is 2.28. The fourth-order valence-corrected chi connectivity index (χ4v) is 2.86. The topological polar surface area (TPSA) is 119 Å². The van der Waals surface area contributed by atoms with Crippen molar-refractivity contribution in [3.05, 3.63) is 77.9 Å². The van der Waals surface area contributed by atoms with Gasteiger partial charge in [0.15, 0.2) is 18.1 Å². The molecule has 3 aromatic rings. The van der Waals surface area contributed by atoms with E-state index >= 15 is 0 Å². The molecule has 1 aromatic heterocycles. The number of nitrogens with one attached hydrogen (secondary N) is 2. The Bertz CT molecular complexity index is 958. The smallest absolute Gasteiger partial charge is 0.255 e. The summed E-state index contributed by atoms with van der Waals surface area (Å²) in [7, 11) is 1.46. The van der Waals surface area contributed by atoms with E-state index in [1.807, 2.05) is 30.3 Å². The fraction of sp³-hybridized carbons (Fsp3) is 0.190. The molecular weight excluding hydrogens is 372 g/mol. The zero-order valence-corrected chi connectivity index (χ0v) is 15.9. The van der Waals surface area contributed by atoms with Crippen molar-refractivity contribution in [1.29, 1.82) is 0 Å². The van der Waals surface area contributed by atoms with Crippen LogP contribution in [0.5, 0.6) is 11.5 Å². The Kier molecular flexibility index (Phi) is 6.47. The van der Waals surface area contributed by atoms with Crippen molar-refractivity contribution in [2.75, 3.05) is 13.7 Å². The van der Waals surface area contributed by atoms with Gasteiger partial charge in [0.25, 0.3) is 11.8 Å². The molecule has 1 unspecified atom stereocenters. The molecule has 0 radical (unpaired) electrons. The highest BCUT2D eigenvalue weighted by atomic mass is 16.5. The van der Waals surface area contributed by atoms with Crippen LogP contribution in [0.15, 0.2) is 60.9 Å². The summed E-state index contributed by atoms with van der Waals surface area (Å²) in [6, 6.07) is 14.1. The van der Waals surface area contributed by atoms with Crippen LogP contribution in [0, 0.1) is 0 Å². The molecule has 3 rings (SSSR count). The van der Waals surface area contributed by atoms with E-state index in [9.17, 15) is 9.59 Å². The quantitative estimate of drug-likeness (QED) is 0.513. The van der Waals surface area contributed by atoms with E-state index < -0.39 is 5.91 Å². The molecule has 0 spiro atoms. The molecule has 8 heteroatoms. The Hall–Kier alpha value is -3.81. The number of H-pyrrole nitrogens is 1. The van der Waals surface area contributed by atoms with Crippen LogP contribution in [0.1, 0.15) is 27.8 Å². The number of carbonyl (C=O) groups is 2. The predicted molar refractivity (Wildman–Crippen MR) is 107 cm³/mol. The summed E-state index contributed by atoms with van der Waals surface area (Å²) < 4.78 is 10.6. The number of benzene rings is 2. The van der Waals surface area contributed by atoms with Crippen LogP contribution in [-0.4, -0.2) is 35.5 Å². The molecule has 0 saturated carbocycles. The molecule has 0 fully saturated rings. The summed E-state index contributed by atoms with van der Waals surface area (Å²) in [6.45, 7) is -0.277. The molecule has 8 nitrogen and oxygen atoms in total. The van der Waals surface area contributed by atoms with E-state index in [0.29, 0.717) is 23.5 Å². The number of hydrogen-bond acceptors (Lipinski definition) is 5. The van der Waals surface area contributed by atoms with Crippen molar-refractivity contribution < 1.29 is 19.1 Å². The number of hydrogen-bond donors (Lipinski definition) is 3. The second-order valence-electron chi connectivity index (χ2n) is 6.30. The number of amides is 2. The lowest BCUT2D eigenvalue weighted by Gasteiger charge is -2.19. The van der Waals surface area contributed by atoms with Crippen molar-refractivity contribution in [2.24, 2.45) is 5.73 Å². The van der Waals surface area contributed by atoms with Gasteiger partial charge >= 0.3 is 0 Å². The average Bonchev–Trinajstić information content (AvgIpc) is 3.25. The number of carbonyl (C=O) groups excluding carboxylic acids is 2. The van der Waals surface area contributed by atoms with Gasteiger partial charge in [0.05, 0.1) is 13.2 Å². The molecule has 2 amide bonds. The van der Waals surface area contributed by atoms with Crippen LogP contribution in [0.3, 0.4) is 0 Å². The third-order valence-corrected chi connectivity index (χ3v) is 4.26.